The highest BCUT2D eigenvalue weighted by molar-refractivity contribution is 7.90. The summed E-state index contributed by atoms with van der Waals surface area (Å²) in [5.41, 5.74) is 8.90. The van der Waals surface area contributed by atoms with Crippen LogP contribution in [0.5, 0.6) is 0 Å². The number of sulfone groups is 1. The Kier molecular flexibility index (Phi) is 4.54. The number of hydrogen-bond acceptors (Lipinski definition) is 4. The molecule has 5 heteroatoms. The van der Waals surface area contributed by atoms with Gasteiger partial charge in [-0.25, -0.2) is 8.42 Å². The molecule has 17 heavy (non-hydrogen) atoms. The van der Waals surface area contributed by atoms with Gasteiger partial charge in [0.05, 0.1) is 5.75 Å². The largest absolute Gasteiger partial charge is 0.373 e. The molecule has 0 saturated heterocycles. The molecule has 0 aliphatic rings. The maximum Gasteiger partial charge on any atom is 0.149 e. The molecule has 0 bridgehead atoms. The molecular formula is C12H20N2O2S. The number of anilines is 1. The molecule has 4 nitrogen and oxygen atoms in total. The van der Waals surface area contributed by atoms with Crippen LogP contribution < -0.4 is 10.6 Å². The lowest BCUT2D eigenvalue weighted by molar-refractivity contribution is 0.601. The molecule has 0 saturated carbocycles. The zero-order valence-corrected chi connectivity index (χ0v) is 11.4. The molecule has 1 rings (SSSR count). The average molecular weight is 256 g/mol. The molecule has 0 amide bonds. The zero-order chi connectivity index (χ0) is 13.1. The second-order valence-corrected chi connectivity index (χ2v) is 6.65. The molecular weight excluding hydrogens is 236 g/mol. The lowest BCUT2D eigenvalue weighted by Crippen LogP contribution is -2.26. The van der Waals surface area contributed by atoms with Gasteiger partial charge in [-0.15, -0.1) is 0 Å². The molecule has 0 aliphatic carbocycles. The Balaban J connectivity index is 2.85. The Morgan fingerprint density at radius 1 is 1.35 bits per heavy atom. The molecule has 0 atom stereocenters. The number of rotatable bonds is 5. The third-order valence-corrected chi connectivity index (χ3v) is 3.59. The monoisotopic (exact) mass is 256 g/mol. The smallest absolute Gasteiger partial charge is 0.149 e. The van der Waals surface area contributed by atoms with Gasteiger partial charge >= 0.3 is 0 Å². The highest BCUT2D eigenvalue weighted by atomic mass is 32.2. The fraction of sp³-hybridized carbons (Fsp3) is 0.500. The zero-order valence-electron chi connectivity index (χ0n) is 10.6. The van der Waals surface area contributed by atoms with Crippen LogP contribution in [0, 0.1) is 6.92 Å². The van der Waals surface area contributed by atoms with Gasteiger partial charge in [0.1, 0.15) is 9.84 Å². The van der Waals surface area contributed by atoms with Crippen molar-refractivity contribution in [1.29, 1.82) is 0 Å². The van der Waals surface area contributed by atoms with Crippen molar-refractivity contribution < 1.29 is 8.42 Å². The average Bonchev–Trinajstić information content (AvgIpc) is 2.24. The van der Waals surface area contributed by atoms with Crippen LogP contribution in [0.1, 0.15) is 11.1 Å². The van der Waals surface area contributed by atoms with Crippen molar-refractivity contribution >= 4 is 15.5 Å². The summed E-state index contributed by atoms with van der Waals surface area (Å²) >= 11 is 0. The molecule has 0 aromatic heterocycles. The molecule has 0 heterocycles. The van der Waals surface area contributed by atoms with E-state index in [0.717, 1.165) is 16.8 Å². The van der Waals surface area contributed by atoms with Gasteiger partial charge in [0.25, 0.3) is 0 Å². The molecule has 2 N–H and O–H groups in total. The van der Waals surface area contributed by atoms with Gasteiger partial charge in [0.15, 0.2) is 0 Å². The Bertz CT molecular complexity index is 483. The van der Waals surface area contributed by atoms with Gasteiger partial charge in [0, 0.05) is 32.1 Å². The molecule has 96 valence electrons. The summed E-state index contributed by atoms with van der Waals surface area (Å²) in [6.07, 6.45) is 1.25. The summed E-state index contributed by atoms with van der Waals surface area (Å²) in [4.78, 5) is 1.93. The molecule has 1 aromatic rings. The molecule has 0 spiro atoms. The molecule has 0 fully saturated rings. The van der Waals surface area contributed by atoms with Crippen molar-refractivity contribution in [2.24, 2.45) is 5.73 Å². The summed E-state index contributed by atoms with van der Waals surface area (Å²) in [5, 5.41) is 0. The quantitative estimate of drug-likeness (QED) is 0.851. The normalized spacial score (nSPS) is 11.5. The first kappa shape index (κ1) is 14.0. The summed E-state index contributed by atoms with van der Waals surface area (Å²) < 4.78 is 22.2. The minimum atomic E-state index is -2.93. The van der Waals surface area contributed by atoms with Crippen molar-refractivity contribution in [3.05, 3.63) is 29.3 Å². The highest BCUT2D eigenvalue weighted by Gasteiger charge is 2.09. The van der Waals surface area contributed by atoms with Crippen LogP contribution in [0.2, 0.25) is 0 Å². The predicted molar refractivity (Wildman–Crippen MR) is 72.1 cm³/mol. The maximum absolute atomic E-state index is 11.1. The molecule has 0 radical (unpaired) electrons. The minimum absolute atomic E-state index is 0.154. The summed E-state index contributed by atoms with van der Waals surface area (Å²) in [7, 11) is -1.04. The van der Waals surface area contributed by atoms with E-state index >= 15 is 0 Å². The van der Waals surface area contributed by atoms with Gasteiger partial charge in [0.2, 0.25) is 0 Å². The van der Waals surface area contributed by atoms with Crippen LogP contribution in [0.15, 0.2) is 18.2 Å². The van der Waals surface area contributed by atoms with E-state index in [1.807, 2.05) is 37.1 Å². The Morgan fingerprint density at radius 3 is 2.53 bits per heavy atom. The summed E-state index contributed by atoms with van der Waals surface area (Å²) in [6, 6.07) is 6.03. The SMILES string of the molecule is Cc1ccc(N(C)CCS(C)(=O)=O)c(CN)c1. The van der Waals surface area contributed by atoms with E-state index in [4.69, 9.17) is 5.73 Å². The number of aryl methyl sites for hydroxylation is 1. The Labute approximate surface area is 103 Å². The minimum Gasteiger partial charge on any atom is -0.373 e. The fourth-order valence-corrected chi connectivity index (χ4v) is 2.28. The highest BCUT2D eigenvalue weighted by Crippen LogP contribution is 2.20. The van der Waals surface area contributed by atoms with E-state index in [9.17, 15) is 8.42 Å². The van der Waals surface area contributed by atoms with Crippen LogP contribution in [-0.4, -0.2) is 34.0 Å². The van der Waals surface area contributed by atoms with Crippen LogP contribution in [-0.2, 0) is 16.4 Å². The van der Waals surface area contributed by atoms with Crippen LogP contribution in [0.4, 0.5) is 5.69 Å². The number of hydrogen-bond donors (Lipinski definition) is 1. The van der Waals surface area contributed by atoms with E-state index in [0.29, 0.717) is 13.1 Å². The van der Waals surface area contributed by atoms with E-state index in [-0.39, 0.29) is 5.75 Å². The Morgan fingerprint density at radius 2 is 2.00 bits per heavy atom. The second kappa shape index (κ2) is 5.51. The summed E-state index contributed by atoms with van der Waals surface area (Å²) in [5.74, 6) is 0.154. The standard InChI is InChI=1S/C12H20N2O2S/c1-10-4-5-12(11(8-10)9-13)14(2)6-7-17(3,15)16/h4-5,8H,6-7,9,13H2,1-3H3. The van der Waals surface area contributed by atoms with Crippen LogP contribution >= 0.6 is 0 Å². The van der Waals surface area contributed by atoms with Crippen LogP contribution in [0.25, 0.3) is 0 Å². The topological polar surface area (TPSA) is 63.4 Å². The lowest BCUT2D eigenvalue weighted by atomic mass is 10.1. The van der Waals surface area contributed by atoms with E-state index < -0.39 is 9.84 Å². The van der Waals surface area contributed by atoms with Gasteiger partial charge in [-0.1, -0.05) is 17.7 Å². The second-order valence-electron chi connectivity index (χ2n) is 4.39. The first-order valence-corrected chi connectivity index (χ1v) is 7.58. The van der Waals surface area contributed by atoms with Gasteiger partial charge in [-0.05, 0) is 18.6 Å². The van der Waals surface area contributed by atoms with Crippen molar-refractivity contribution in [2.75, 3.05) is 30.5 Å². The first-order valence-electron chi connectivity index (χ1n) is 5.52. The third-order valence-electron chi connectivity index (χ3n) is 2.66. The first-order chi connectivity index (χ1) is 7.83. The Hall–Kier alpha value is -1.07. The van der Waals surface area contributed by atoms with E-state index in [1.54, 1.807) is 0 Å². The fourth-order valence-electron chi connectivity index (χ4n) is 1.67. The van der Waals surface area contributed by atoms with Gasteiger partial charge in [-0.3, -0.25) is 0 Å². The molecule has 0 unspecified atom stereocenters. The summed E-state index contributed by atoms with van der Waals surface area (Å²) in [6.45, 7) is 2.95. The van der Waals surface area contributed by atoms with E-state index in [2.05, 4.69) is 0 Å². The number of nitrogens with zero attached hydrogens (tertiary/aromatic N) is 1. The molecule has 1 aromatic carbocycles. The lowest BCUT2D eigenvalue weighted by Gasteiger charge is -2.22. The number of benzene rings is 1. The number of nitrogens with two attached hydrogens (primary N) is 1. The molecule has 0 aliphatic heterocycles. The van der Waals surface area contributed by atoms with Crippen molar-refractivity contribution in [3.63, 3.8) is 0 Å². The van der Waals surface area contributed by atoms with Gasteiger partial charge in [-0.2, -0.15) is 0 Å². The van der Waals surface area contributed by atoms with Gasteiger partial charge < -0.3 is 10.6 Å². The van der Waals surface area contributed by atoms with Crippen LogP contribution in [0.3, 0.4) is 0 Å². The van der Waals surface area contributed by atoms with Crippen molar-refractivity contribution in [1.82, 2.24) is 0 Å². The van der Waals surface area contributed by atoms with Crippen molar-refractivity contribution in [3.8, 4) is 0 Å². The predicted octanol–water partition coefficient (Wildman–Crippen LogP) is 0.935. The maximum atomic E-state index is 11.1. The van der Waals surface area contributed by atoms with E-state index in [1.165, 1.54) is 6.26 Å². The van der Waals surface area contributed by atoms with Crippen molar-refractivity contribution in [2.45, 2.75) is 13.5 Å². The third kappa shape index (κ3) is 4.36.